The van der Waals surface area contributed by atoms with E-state index in [1.54, 1.807) is 0 Å². The van der Waals surface area contributed by atoms with Gasteiger partial charge in [0, 0.05) is 52.5 Å². The summed E-state index contributed by atoms with van der Waals surface area (Å²) in [6.45, 7) is 9.19. The SMILES string of the molecule is C[P+](C)(C)C.[V]. The van der Waals surface area contributed by atoms with Crippen LogP contribution in [0.4, 0.5) is 0 Å². The van der Waals surface area contributed by atoms with Gasteiger partial charge < -0.3 is 0 Å². The van der Waals surface area contributed by atoms with Gasteiger partial charge in [0.25, 0.3) is 0 Å². The summed E-state index contributed by atoms with van der Waals surface area (Å²) in [5.41, 5.74) is 0. The zero-order chi connectivity index (χ0) is 4.50. The summed E-state index contributed by atoms with van der Waals surface area (Å²) in [7, 11) is -0.389. The Labute approximate surface area is 52.9 Å². The summed E-state index contributed by atoms with van der Waals surface area (Å²) in [5.74, 6) is 0. The van der Waals surface area contributed by atoms with Crippen LogP contribution in [0.3, 0.4) is 0 Å². The van der Waals surface area contributed by atoms with Crippen LogP contribution in [0.2, 0.25) is 0 Å². The zero-order valence-electron chi connectivity index (χ0n) is 4.89. The Hall–Kier alpha value is 1.01. The Bertz CT molecular complexity index is 23.0. The van der Waals surface area contributed by atoms with E-state index in [2.05, 4.69) is 26.7 Å². The van der Waals surface area contributed by atoms with Gasteiger partial charge in [0.05, 0.1) is 0 Å². The molecule has 0 atom stereocenters. The quantitative estimate of drug-likeness (QED) is 0.450. The fourth-order valence-corrected chi connectivity index (χ4v) is 0. The van der Waals surface area contributed by atoms with Crippen molar-refractivity contribution in [1.82, 2.24) is 0 Å². The van der Waals surface area contributed by atoms with Crippen molar-refractivity contribution in [3.05, 3.63) is 0 Å². The second-order valence-electron chi connectivity index (χ2n) is 2.68. The van der Waals surface area contributed by atoms with Crippen LogP contribution in [0.25, 0.3) is 0 Å². The second kappa shape index (κ2) is 3.07. The molecule has 0 fully saturated rings. The van der Waals surface area contributed by atoms with E-state index in [0.29, 0.717) is 0 Å². The average molecular weight is 142 g/mol. The fraction of sp³-hybridized carbons (Fsp3) is 1.00. The van der Waals surface area contributed by atoms with Gasteiger partial charge in [-0.2, -0.15) is 0 Å². The van der Waals surface area contributed by atoms with Gasteiger partial charge in [0.1, 0.15) is 0 Å². The molecular formula is C4H12PV+. The molecule has 0 aliphatic carbocycles. The third-order valence-electron chi connectivity index (χ3n) is 0. The molecular weight excluding hydrogens is 130 g/mol. The molecule has 0 aromatic carbocycles. The monoisotopic (exact) mass is 142 g/mol. The molecule has 0 aromatic rings. The number of hydrogen-bond donors (Lipinski definition) is 0. The summed E-state index contributed by atoms with van der Waals surface area (Å²) in [4.78, 5) is 0. The van der Waals surface area contributed by atoms with Gasteiger partial charge in [-0.1, -0.05) is 0 Å². The van der Waals surface area contributed by atoms with E-state index >= 15 is 0 Å². The standard InChI is InChI=1S/C4H12P.V/c1-5(2,3)4;/h1-4H3;/q+1;. The first-order chi connectivity index (χ1) is 2.00. The third-order valence-corrected chi connectivity index (χ3v) is 0. The molecule has 0 rings (SSSR count). The van der Waals surface area contributed by atoms with Gasteiger partial charge in [-0.3, -0.25) is 0 Å². The molecule has 37 valence electrons. The summed E-state index contributed by atoms with van der Waals surface area (Å²) < 4.78 is 0. The molecule has 0 aromatic heterocycles. The number of rotatable bonds is 0. The molecule has 2 heteroatoms. The maximum atomic E-state index is 2.30. The Morgan fingerprint density at radius 2 is 0.833 bits per heavy atom. The molecule has 0 amide bonds. The van der Waals surface area contributed by atoms with Gasteiger partial charge >= 0.3 is 0 Å². The molecule has 6 heavy (non-hydrogen) atoms. The predicted molar refractivity (Wildman–Crippen MR) is 30.6 cm³/mol. The molecule has 1 radical (unpaired) electrons. The van der Waals surface area contributed by atoms with Crippen molar-refractivity contribution in [2.24, 2.45) is 0 Å². The van der Waals surface area contributed by atoms with Crippen LogP contribution in [-0.2, 0) is 18.6 Å². The Balaban J connectivity index is 0. The van der Waals surface area contributed by atoms with E-state index < -0.39 is 0 Å². The van der Waals surface area contributed by atoms with Crippen LogP contribution in [0.1, 0.15) is 0 Å². The van der Waals surface area contributed by atoms with Crippen molar-refractivity contribution in [3.63, 3.8) is 0 Å². The van der Waals surface area contributed by atoms with Crippen molar-refractivity contribution in [2.45, 2.75) is 0 Å². The van der Waals surface area contributed by atoms with E-state index in [9.17, 15) is 0 Å². The normalized spacial score (nSPS) is 10.0. The fourth-order valence-electron chi connectivity index (χ4n) is 0. The molecule has 0 unspecified atom stereocenters. The zero-order valence-corrected chi connectivity index (χ0v) is 7.19. The maximum Gasteiger partial charge on any atom is 0.0481 e. The topological polar surface area (TPSA) is 0 Å². The van der Waals surface area contributed by atoms with Crippen LogP contribution in [-0.4, -0.2) is 26.7 Å². The van der Waals surface area contributed by atoms with E-state index in [1.807, 2.05) is 0 Å². The maximum absolute atomic E-state index is 2.30. The van der Waals surface area contributed by atoms with Gasteiger partial charge in [0.15, 0.2) is 0 Å². The first kappa shape index (κ1) is 10.1. The van der Waals surface area contributed by atoms with E-state index in [4.69, 9.17) is 0 Å². The van der Waals surface area contributed by atoms with Crippen molar-refractivity contribution in [1.29, 1.82) is 0 Å². The Morgan fingerprint density at radius 3 is 0.833 bits per heavy atom. The van der Waals surface area contributed by atoms with Crippen LogP contribution in [0.5, 0.6) is 0 Å². The first-order valence-electron chi connectivity index (χ1n) is 1.79. The molecule has 0 heterocycles. The van der Waals surface area contributed by atoms with E-state index in [0.717, 1.165) is 0 Å². The number of hydrogen-bond acceptors (Lipinski definition) is 0. The van der Waals surface area contributed by atoms with Crippen molar-refractivity contribution in [2.75, 3.05) is 26.7 Å². The summed E-state index contributed by atoms with van der Waals surface area (Å²) in [6.07, 6.45) is 0. The molecule has 0 saturated carbocycles. The average Bonchev–Trinajstić information content (AvgIpc) is 0.722. The minimum absolute atomic E-state index is 0. The molecule has 0 spiro atoms. The minimum Gasteiger partial charge on any atom is 0 e. The van der Waals surface area contributed by atoms with Crippen LogP contribution in [0, 0.1) is 0 Å². The summed E-state index contributed by atoms with van der Waals surface area (Å²) in [6, 6.07) is 0. The molecule has 0 aliphatic rings. The van der Waals surface area contributed by atoms with Crippen LogP contribution >= 0.6 is 7.26 Å². The van der Waals surface area contributed by atoms with Crippen molar-refractivity contribution in [3.8, 4) is 0 Å². The van der Waals surface area contributed by atoms with Gasteiger partial charge in [-0.05, 0) is 0 Å². The molecule has 0 N–H and O–H groups in total. The largest absolute Gasteiger partial charge is 0.0481 e. The second-order valence-corrected chi connectivity index (χ2v) is 8.05. The van der Waals surface area contributed by atoms with E-state index in [1.165, 1.54) is 0 Å². The third kappa shape index (κ3) is 78.5. The van der Waals surface area contributed by atoms with E-state index in [-0.39, 0.29) is 25.8 Å². The van der Waals surface area contributed by atoms with Crippen molar-refractivity contribution >= 4 is 7.26 Å². The molecule has 0 saturated heterocycles. The van der Waals surface area contributed by atoms with Crippen molar-refractivity contribution < 1.29 is 18.6 Å². The summed E-state index contributed by atoms with van der Waals surface area (Å²) >= 11 is 0. The Morgan fingerprint density at radius 1 is 0.833 bits per heavy atom. The smallest absolute Gasteiger partial charge is 0 e. The minimum atomic E-state index is -0.389. The Kier molecular flexibility index (Phi) is 5.17. The molecule has 0 bridgehead atoms. The predicted octanol–water partition coefficient (Wildman–Crippen LogP) is 1.52. The molecule has 0 nitrogen and oxygen atoms in total. The van der Waals surface area contributed by atoms with Gasteiger partial charge in [-0.25, -0.2) is 0 Å². The summed E-state index contributed by atoms with van der Waals surface area (Å²) in [5, 5.41) is 0. The van der Waals surface area contributed by atoms with Gasteiger partial charge in [-0.15, -0.1) is 0 Å². The van der Waals surface area contributed by atoms with Crippen LogP contribution in [0.15, 0.2) is 0 Å². The molecule has 0 aliphatic heterocycles. The first-order valence-corrected chi connectivity index (χ1v) is 5.37. The van der Waals surface area contributed by atoms with Gasteiger partial charge in [0.2, 0.25) is 0 Å². The van der Waals surface area contributed by atoms with Crippen LogP contribution < -0.4 is 0 Å².